The van der Waals surface area contributed by atoms with Crippen molar-refractivity contribution in [1.82, 2.24) is 4.57 Å². The zero-order valence-corrected chi connectivity index (χ0v) is 15.0. The van der Waals surface area contributed by atoms with E-state index in [2.05, 4.69) is 10.8 Å². The summed E-state index contributed by atoms with van der Waals surface area (Å²) in [6.07, 6.45) is 4.66. The number of nitriles is 1. The number of hydrogen-bond donors (Lipinski definition) is 2. The summed E-state index contributed by atoms with van der Waals surface area (Å²) in [5, 5.41) is 18.4. The molecule has 0 saturated heterocycles. The van der Waals surface area contributed by atoms with Crippen LogP contribution in [0.2, 0.25) is 0 Å². The van der Waals surface area contributed by atoms with E-state index in [1.807, 2.05) is 48.1 Å². The zero-order valence-electron chi connectivity index (χ0n) is 14.1. The SMILES string of the molecule is CCc1ccc(C(=O)O)cc1SNc1cc(C#N)ccc1-n1cccc1. The molecular weight excluding hydrogens is 346 g/mol. The highest BCUT2D eigenvalue weighted by Crippen LogP contribution is 2.30. The summed E-state index contributed by atoms with van der Waals surface area (Å²) in [5.74, 6) is -0.950. The van der Waals surface area contributed by atoms with Gasteiger partial charge in [0.1, 0.15) is 0 Å². The van der Waals surface area contributed by atoms with Crippen LogP contribution in [0.5, 0.6) is 0 Å². The Bertz CT molecular complexity index is 975. The van der Waals surface area contributed by atoms with Gasteiger partial charge in [-0.3, -0.25) is 0 Å². The van der Waals surface area contributed by atoms with Gasteiger partial charge in [0.15, 0.2) is 0 Å². The van der Waals surface area contributed by atoms with E-state index in [9.17, 15) is 15.2 Å². The predicted molar refractivity (Wildman–Crippen MR) is 103 cm³/mol. The average molecular weight is 363 g/mol. The van der Waals surface area contributed by atoms with Crippen molar-refractivity contribution in [3.8, 4) is 11.8 Å². The molecule has 0 bridgehead atoms. The van der Waals surface area contributed by atoms with E-state index in [-0.39, 0.29) is 5.56 Å². The van der Waals surface area contributed by atoms with Gasteiger partial charge in [0.2, 0.25) is 0 Å². The Hall–Kier alpha value is -3.17. The van der Waals surface area contributed by atoms with Gasteiger partial charge in [-0.25, -0.2) is 4.79 Å². The highest BCUT2D eigenvalue weighted by atomic mass is 32.2. The fourth-order valence-corrected chi connectivity index (χ4v) is 3.51. The molecule has 2 N–H and O–H groups in total. The molecule has 3 rings (SSSR count). The Morgan fingerprint density at radius 2 is 2.00 bits per heavy atom. The van der Waals surface area contributed by atoms with Gasteiger partial charge in [0.25, 0.3) is 0 Å². The third-order valence-corrected chi connectivity index (χ3v) is 4.90. The maximum atomic E-state index is 11.3. The molecule has 0 unspecified atom stereocenters. The maximum absolute atomic E-state index is 11.3. The van der Waals surface area contributed by atoms with Gasteiger partial charge in [-0.1, -0.05) is 13.0 Å². The molecule has 130 valence electrons. The summed E-state index contributed by atoms with van der Waals surface area (Å²) in [6.45, 7) is 2.03. The lowest BCUT2D eigenvalue weighted by molar-refractivity contribution is 0.0696. The van der Waals surface area contributed by atoms with Gasteiger partial charge < -0.3 is 14.4 Å². The van der Waals surface area contributed by atoms with Gasteiger partial charge in [-0.2, -0.15) is 5.26 Å². The summed E-state index contributed by atoms with van der Waals surface area (Å²) < 4.78 is 5.24. The second kappa shape index (κ2) is 7.81. The zero-order chi connectivity index (χ0) is 18.5. The lowest BCUT2D eigenvalue weighted by Crippen LogP contribution is -2.01. The van der Waals surface area contributed by atoms with Crippen LogP contribution in [0, 0.1) is 11.3 Å². The summed E-state index contributed by atoms with van der Waals surface area (Å²) in [6, 6.07) is 16.6. The fourth-order valence-electron chi connectivity index (χ4n) is 2.59. The van der Waals surface area contributed by atoms with Crippen LogP contribution in [0.25, 0.3) is 5.69 Å². The maximum Gasteiger partial charge on any atom is 0.335 e. The number of aromatic nitrogens is 1. The molecule has 6 heteroatoms. The number of nitrogens with one attached hydrogen (secondary N) is 1. The number of carbonyl (C=O) groups is 1. The Labute approximate surface area is 156 Å². The third kappa shape index (κ3) is 3.73. The number of carboxylic acids is 1. The average Bonchev–Trinajstić information content (AvgIpc) is 3.20. The summed E-state index contributed by atoms with van der Waals surface area (Å²) in [7, 11) is 0. The van der Waals surface area contributed by atoms with E-state index in [1.165, 1.54) is 11.9 Å². The monoisotopic (exact) mass is 363 g/mol. The van der Waals surface area contributed by atoms with Crippen LogP contribution < -0.4 is 4.72 Å². The molecule has 1 aromatic heterocycles. The molecule has 26 heavy (non-hydrogen) atoms. The minimum absolute atomic E-state index is 0.253. The molecule has 5 nitrogen and oxygen atoms in total. The van der Waals surface area contributed by atoms with Crippen LogP contribution in [0.3, 0.4) is 0 Å². The molecule has 2 aromatic carbocycles. The van der Waals surface area contributed by atoms with Crippen molar-refractivity contribution >= 4 is 23.6 Å². The lowest BCUT2D eigenvalue weighted by Gasteiger charge is -2.14. The summed E-state index contributed by atoms with van der Waals surface area (Å²) in [5.41, 5.74) is 3.57. The summed E-state index contributed by atoms with van der Waals surface area (Å²) >= 11 is 1.35. The Morgan fingerprint density at radius 1 is 1.23 bits per heavy atom. The normalized spacial score (nSPS) is 10.3. The smallest absolute Gasteiger partial charge is 0.335 e. The largest absolute Gasteiger partial charge is 0.478 e. The number of carboxylic acid groups (broad SMARTS) is 1. The van der Waals surface area contributed by atoms with Crippen molar-refractivity contribution < 1.29 is 9.90 Å². The van der Waals surface area contributed by atoms with Crippen LogP contribution in [0.1, 0.15) is 28.4 Å². The van der Waals surface area contributed by atoms with E-state index in [4.69, 9.17) is 0 Å². The van der Waals surface area contributed by atoms with E-state index < -0.39 is 5.97 Å². The molecule has 0 radical (unpaired) electrons. The number of anilines is 1. The van der Waals surface area contributed by atoms with Crippen LogP contribution in [-0.2, 0) is 6.42 Å². The second-order valence-corrected chi connectivity index (χ2v) is 6.47. The standard InChI is InChI=1S/C20H17N3O2S/c1-2-15-6-7-16(20(24)25)12-19(15)26-22-17-11-14(13-21)5-8-18(17)23-9-3-4-10-23/h3-12,22H,2H2,1H3,(H,24,25). The fraction of sp³-hybridized carbons (Fsp3) is 0.100. The van der Waals surface area contributed by atoms with Crippen LogP contribution >= 0.6 is 11.9 Å². The molecule has 1 heterocycles. The molecule has 0 saturated carbocycles. The molecule has 0 aliphatic rings. The van der Waals surface area contributed by atoms with Crippen molar-refractivity contribution in [2.45, 2.75) is 18.2 Å². The predicted octanol–water partition coefficient (Wildman–Crippen LogP) is 4.73. The summed E-state index contributed by atoms with van der Waals surface area (Å²) in [4.78, 5) is 12.1. The van der Waals surface area contributed by atoms with Crippen molar-refractivity contribution in [3.63, 3.8) is 0 Å². The molecule has 0 aliphatic carbocycles. The first kappa shape index (κ1) is 17.6. The number of nitrogens with zero attached hydrogens (tertiary/aromatic N) is 2. The van der Waals surface area contributed by atoms with Gasteiger partial charge in [0.05, 0.1) is 28.6 Å². The van der Waals surface area contributed by atoms with E-state index in [1.54, 1.807) is 24.3 Å². The number of aryl methyl sites for hydroxylation is 1. The van der Waals surface area contributed by atoms with Gasteiger partial charge in [0, 0.05) is 17.3 Å². The highest BCUT2D eigenvalue weighted by Gasteiger charge is 2.11. The first-order valence-electron chi connectivity index (χ1n) is 8.09. The van der Waals surface area contributed by atoms with Gasteiger partial charge in [-0.05, 0) is 66.4 Å². The van der Waals surface area contributed by atoms with E-state index in [0.717, 1.165) is 28.3 Å². The Balaban J connectivity index is 1.94. The second-order valence-electron chi connectivity index (χ2n) is 5.62. The topological polar surface area (TPSA) is 78.1 Å². The number of hydrogen-bond acceptors (Lipinski definition) is 4. The van der Waals surface area contributed by atoms with Crippen LogP contribution in [0.15, 0.2) is 65.8 Å². The van der Waals surface area contributed by atoms with Crippen LogP contribution in [-0.4, -0.2) is 15.6 Å². The Kier molecular flexibility index (Phi) is 5.30. The molecule has 0 aliphatic heterocycles. The van der Waals surface area contributed by atoms with Crippen molar-refractivity contribution in [3.05, 3.63) is 77.6 Å². The highest BCUT2D eigenvalue weighted by molar-refractivity contribution is 8.00. The number of benzene rings is 2. The number of rotatable bonds is 6. The van der Waals surface area contributed by atoms with E-state index in [0.29, 0.717) is 5.56 Å². The third-order valence-electron chi connectivity index (χ3n) is 3.97. The molecule has 0 atom stereocenters. The molecular formula is C20H17N3O2S. The first-order valence-corrected chi connectivity index (χ1v) is 8.90. The van der Waals surface area contributed by atoms with Crippen molar-refractivity contribution in [2.24, 2.45) is 0 Å². The van der Waals surface area contributed by atoms with Crippen molar-refractivity contribution in [2.75, 3.05) is 4.72 Å². The molecule has 3 aromatic rings. The minimum Gasteiger partial charge on any atom is -0.478 e. The molecule has 0 fully saturated rings. The Morgan fingerprint density at radius 3 is 2.65 bits per heavy atom. The minimum atomic E-state index is -0.950. The van der Waals surface area contributed by atoms with Crippen molar-refractivity contribution in [1.29, 1.82) is 5.26 Å². The quantitative estimate of drug-likeness (QED) is 0.619. The van der Waals surface area contributed by atoms with Crippen LogP contribution in [0.4, 0.5) is 5.69 Å². The van der Waals surface area contributed by atoms with Gasteiger partial charge in [-0.15, -0.1) is 0 Å². The van der Waals surface area contributed by atoms with Gasteiger partial charge >= 0.3 is 5.97 Å². The van der Waals surface area contributed by atoms with E-state index >= 15 is 0 Å². The first-order chi connectivity index (χ1) is 12.6. The number of aromatic carboxylic acids is 1. The molecule has 0 spiro atoms. The lowest BCUT2D eigenvalue weighted by atomic mass is 10.1. The molecule has 0 amide bonds.